The summed E-state index contributed by atoms with van der Waals surface area (Å²) in [6.45, 7) is 0. The number of aromatic nitrogens is 1. The van der Waals surface area contributed by atoms with Crippen molar-refractivity contribution in [1.82, 2.24) is 4.98 Å². The summed E-state index contributed by atoms with van der Waals surface area (Å²) < 4.78 is 0. The van der Waals surface area contributed by atoms with Crippen LogP contribution in [0.15, 0.2) is 33.9 Å². The number of rotatable bonds is 1. The second-order valence-corrected chi connectivity index (χ2v) is 3.96. The molecule has 0 aliphatic carbocycles. The summed E-state index contributed by atoms with van der Waals surface area (Å²) in [5, 5.41) is 11.4. The van der Waals surface area contributed by atoms with Gasteiger partial charge in [-0.2, -0.15) is 0 Å². The smallest absolute Gasteiger partial charge is 0.239 e. The first-order chi connectivity index (χ1) is 7.20. The van der Waals surface area contributed by atoms with Crippen LogP contribution < -0.4 is 5.43 Å². The lowest BCUT2D eigenvalue weighted by Crippen LogP contribution is -1.97. The van der Waals surface area contributed by atoms with Gasteiger partial charge in [0.1, 0.15) is 0 Å². The van der Waals surface area contributed by atoms with Crippen LogP contribution in [0, 0.1) is 0 Å². The zero-order valence-electron chi connectivity index (χ0n) is 7.48. The minimum Gasteiger partial charge on any atom is -0.504 e. The summed E-state index contributed by atoms with van der Waals surface area (Å²) >= 11 is 7.03. The Balaban J connectivity index is 2.76. The van der Waals surface area contributed by atoms with E-state index in [0.717, 1.165) is 0 Å². The van der Waals surface area contributed by atoms with Crippen LogP contribution in [-0.4, -0.2) is 10.1 Å². The average molecular weight is 240 g/mol. The van der Waals surface area contributed by atoms with Crippen molar-refractivity contribution in [1.29, 1.82) is 0 Å². The van der Waals surface area contributed by atoms with E-state index in [1.54, 1.807) is 23.0 Å². The topological polar surface area (TPSA) is 50.2 Å². The van der Waals surface area contributed by atoms with Gasteiger partial charge in [0.25, 0.3) is 0 Å². The zero-order valence-corrected chi connectivity index (χ0v) is 9.05. The van der Waals surface area contributed by atoms with E-state index in [2.05, 4.69) is 4.98 Å². The van der Waals surface area contributed by atoms with E-state index < -0.39 is 5.43 Å². The second-order valence-electron chi connectivity index (χ2n) is 2.84. The molecule has 2 rings (SSSR count). The Morgan fingerprint density at radius 3 is 2.87 bits per heavy atom. The van der Waals surface area contributed by atoms with Gasteiger partial charge >= 0.3 is 0 Å². The predicted octanol–water partition coefficient (Wildman–Crippen LogP) is 2.53. The molecule has 0 unspecified atom stereocenters. The maximum Gasteiger partial charge on any atom is 0.239 e. The molecule has 1 aromatic heterocycles. The van der Waals surface area contributed by atoms with Crippen LogP contribution in [-0.2, 0) is 0 Å². The normalized spacial score (nSPS) is 10.2. The molecule has 0 saturated carbocycles. The summed E-state index contributed by atoms with van der Waals surface area (Å²) in [6, 6.07) is 4.66. The van der Waals surface area contributed by atoms with Crippen molar-refractivity contribution in [3.8, 4) is 17.0 Å². The largest absolute Gasteiger partial charge is 0.504 e. The maximum atomic E-state index is 11.5. The lowest BCUT2D eigenvalue weighted by molar-refractivity contribution is 0.473. The highest BCUT2D eigenvalue weighted by molar-refractivity contribution is 7.07. The Morgan fingerprint density at radius 2 is 2.20 bits per heavy atom. The molecule has 3 nitrogen and oxygen atoms in total. The lowest BCUT2D eigenvalue weighted by Gasteiger charge is -1.94. The third-order valence-corrected chi connectivity index (χ3v) is 2.78. The van der Waals surface area contributed by atoms with E-state index in [-0.39, 0.29) is 10.8 Å². The van der Waals surface area contributed by atoms with Gasteiger partial charge in [-0.15, -0.1) is 11.3 Å². The van der Waals surface area contributed by atoms with Crippen molar-refractivity contribution < 1.29 is 5.11 Å². The average Bonchev–Trinajstić information content (AvgIpc) is 2.71. The molecule has 0 atom stereocenters. The van der Waals surface area contributed by atoms with Gasteiger partial charge in [0.05, 0.1) is 16.2 Å². The molecule has 0 fully saturated rings. The fourth-order valence-corrected chi connectivity index (χ4v) is 1.89. The molecule has 15 heavy (non-hydrogen) atoms. The van der Waals surface area contributed by atoms with Gasteiger partial charge in [-0.3, -0.25) is 4.79 Å². The summed E-state index contributed by atoms with van der Waals surface area (Å²) in [5.41, 5.74) is 2.02. The van der Waals surface area contributed by atoms with Crippen LogP contribution in [0.4, 0.5) is 0 Å². The summed E-state index contributed by atoms with van der Waals surface area (Å²) in [6.07, 6.45) is 0. The number of nitrogens with zero attached hydrogens (tertiary/aromatic N) is 1. The molecule has 76 valence electrons. The Bertz CT molecular complexity index is 540. The molecule has 1 aromatic carbocycles. The van der Waals surface area contributed by atoms with Crippen molar-refractivity contribution in [3.05, 3.63) is 44.3 Å². The highest BCUT2D eigenvalue weighted by atomic mass is 35.5. The van der Waals surface area contributed by atoms with Crippen LogP contribution in [0.2, 0.25) is 5.02 Å². The lowest BCUT2D eigenvalue weighted by atomic mass is 10.2. The van der Waals surface area contributed by atoms with Gasteiger partial charge < -0.3 is 5.11 Å². The first-order valence-corrected chi connectivity index (χ1v) is 5.42. The van der Waals surface area contributed by atoms with Gasteiger partial charge in [-0.25, -0.2) is 4.98 Å². The molecule has 1 N–H and O–H groups in total. The molecule has 0 aliphatic rings. The summed E-state index contributed by atoms with van der Waals surface area (Å²) in [7, 11) is 0. The number of hydrogen-bond donors (Lipinski definition) is 1. The number of hydrogen-bond acceptors (Lipinski definition) is 4. The van der Waals surface area contributed by atoms with Crippen molar-refractivity contribution in [2.45, 2.75) is 0 Å². The van der Waals surface area contributed by atoms with Crippen LogP contribution in [0.5, 0.6) is 5.75 Å². The molecular formula is C10H6ClNO2S. The van der Waals surface area contributed by atoms with Crippen LogP contribution >= 0.6 is 22.9 Å². The van der Waals surface area contributed by atoms with Crippen LogP contribution in [0.25, 0.3) is 11.3 Å². The third-order valence-electron chi connectivity index (χ3n) is 1.90. The molecule has 2 aromatic rings. The van der Waals surface area contributed by atoms with Crippen molar-refractivity contribution in [2.24, 2.45) is 0 Å². The van der Waals surface area contributed by atoms with E-state index in [1.165, 1.54) is 17.4 Å². The standard InChI is InChI=1S/C10H6ClNO2S/c11-7-3-1-2-6(9(13)10(7)14)8-4-15-5-12-8/h1-5H,(H,13,14). The van der Waals surface area contributed by atoms with Crippen molar-refractivity contribution >= 4 is 22.9 Å². The Hall–Kier alpha value is -1.39. The Morgan fingerprint density at radius 1 is 1.40 bits per heavy atom. The van der Waals surface area contributed by atoms with Gasteiger partial charge in [0.2, 0.25) is 5.43 Å². The minimum absolute atomic E-state index is 0.00557. The van der Waals surface area contributed by atoms with Gasteiger partial charge in [0.15, 0.2) is 5.75 Å². The van der Waals surface area contributed by atoms with E-state index in [4.69, 9.17) is 11.6 Å². The van der Waals surface area contributed by atoms with Gasteiger partial charge in [0, 0.05) is 10.9 Å². The SMILES string of the molecule is O=c1c(Cl)cccc(-c2cscn2)c1O. The summed E-state index contributed by atoms with van der Waals surface area (Å²) in [4.78, 5) is 15.5. The number of halogens is 1. The Kier molecular flexibility index (Phi) is 2.70. The molecule has 1 heterocycles. The van der Waals surface area contributed by atoms with E-state index in [1.807, 2.05) is 0 Å². The molecule has 0 saturated heterocycles. The number of thiazole rings is 1. The molecule has 5 heteroatoms. The molecule has 0 radical (unpaired) electrons. The van der Waals surface area contributed by atoms with Gasteiger partial charge in [-0.1, -0.05) is 17.7 Å². The monoisotopic (exact) mass is 239 g/mol. The fourth-order valence-electron chi connectivity index (χ4n) is 1.17. The second kappa shape index (κ2) is 4.00. The predicted molar refractivity (Wildman–Crippen MR) is 60.5 cm³/mol. The molecule has 0 aliphatic heterocycles. The first kappa shape index (κ1) is 10.1. The molecule has 0 spiro atoms. The summed E-state index contributed by atoms with van der Waals surface area (Å²) in [5.74, 6) is -0.365. The highest BCUT2D eigenvalue weighted by Gasteiger charge is 2.09. The van der Waals surface area contributed by atoms with Crippen LogP contribution in [0.1, 0.15) is 0 Å². The maximum absolute atomic E-state index is 11.5. The number of aromatic hydroxyl groups is 1. The molecule has 0 bridgehead atoms. The highest BCUT2D eigenvalue weighted by Crippen LogP contribution is 2.25. The van der Waals surface area contributed by atoms with Crippen molar-refractivity contribution in [3.63, 3.8) is 0 Å². The fraction of sp³-hybridized carbons (Fsp3) is 0. The molecular weight excluding hydrogens is 234 g/mol. The van der Waals surface area contributed by atoms with E-state index in [9.17, 15) is 9.90 Å². The van der Waals surface area contributed by atoms with Crippen LogP contribution in [0.3, 0.4) is 0 Å². The zero-order chi connectivity index (χ0) is 10.8. The minimum atomic E-state index is -0.579. The Labute approximate surface area is 94.6 Å². The quantitative estimate of drug-likeness (QED) is 0.832. The third kappa shape index (κ3) is 1.86. The van der Waals surface area contributed by atoms with Gasteiger partial charge in [-0.05, 0) is 12.1 Å². The van der Waals surface area contributed by atoms with E-state index in [0.29, 0.717) is 11.3 Å². The van der Waals surface area contributed by atoms with Crippen molar-refractivity contribution in [2.75, 3.05) is 0 Å². The molecule has 0 amide bonds. The van der Waals surface area contributed by atoms with E-state index >= 15 is 0 Å². The first-order valence-electron chi connectivity index (χ1n) is 4.10.